The van der Waals surface area contributed by atoms with E-state index in [4.69, 9.17) is 23.8 Å². The van der Waals surface area contributed by atoms with Gasteiger partial charge in [0.1, 0.15) is 0 Å². The number of benzene rings is 2. The Balaban J connectivity index is 1.91. The quantitative estimate of drug-likeness (QED) is 0.550. The normalized spacial score (nSPS) is 11.4. The smallest absolute Gasteiger partial charge is 0.245 e. The van der Waals surface area contributed by atoms with Crippen molar-refractivity contribution in [2.45, 2.75) is 25.7 Å². The van der Waals surface area contributed by atoms with Crippen molar-refractivity contribution < 1.29 is 4.79 Å². The van der Waals surface area contributed by atoms with Gasteiger partial charge in [-0.3, -0.25) is 15.6 Å². The first-order valence-electron chi connectivity index (χ1n) is 7.77. The van der Waals surface area contributed by atoms with Crippen LogP contribution in [0.15, 0.2) is 54.6 Å². The van der Waals surface area contributed by atoms with Gasteiger partial charge in [-0.05, 0) is 42.4 Å². The predicted molar refractivity (Wildman–Crippen MR) is 103 cm³/mol. The summed E-state index contributed by atoms with van der Waals surface area (Å²) in [6.45, 7) is 2.06. The molecule has 2 rings (SSSR count). The predicted octanol–water partition coefficient (Wildman–Crippen LogP) is 4.24. The minimum atomic E-state index is -0.210. The average Bonchev–Trinajstić information content (AvgIpc) is 2.58. The summed E-state index contributed by atoms with van der Waals surface area (Å²) in [5, 5.41) is 3.88. The van der Waals surface area contributed by atoms with Gasteiger partial charge >= 0.3 is 0 Å². The van der Waals surface area contributed by atoms with Crippen molar-refractivity contribution in [2.24, 2.45) is 0 Å². The molecule has 0 aliphatic rings. The zero-order valence-electron chi connectivity index (χ0n) is 13.4. The molecule has 0 radical (unpaired) electrons. The van der Waals surface area contributed by atoms with E-state index in [2.05, 4.69) is 23.1 Å². The van der Waals surface area contributed by atoms with Gasteiger partial charge in [-0.15, -0.1) is 0 Å². The third-order valence-electron chi connectivity index (χ3n) is 3.48. The second-order valence-electron chi connectivity index (χ2n) is 5.33. The minimum absolute atomic E-state index is 0.113. The van der Waals surface area contributed by atoms with Crippen LogP contribution in [0, 0.1) is 0 Å². The number of nitrogens with one attached hydrogen (secondary N) is 3. The van der Waals surface area contributed by atoms with E-state index in [1.165, 1.54) is 0 Å². The molecule has 0 aliphatic carbocycles. The highest BCUT2D eigenvalue weighted by atomic mass is 35.5. The fourth-order valence-corrected chi connectivity index (χ4v) is 2.72. The lowest BCUT2D eigenvalue weighted by Gasteiger charge is -2.18. The fourth-order valence-electron chi connectivity index (χ4n) is 2.36. The maximum Gasteiger partial charge on any atom is 0.245 e. The molecule has 126 valence electrons. The Kier molecular flexibility index (Phi) is 7.03. The summed E-state index contributed by atoms with van der Waals surface area (Å²) in [6.07, 6.45) is 1.68. The van der Waals surface area contributed by atoms with Crippen LogP contribution in [-0.4, -0.2) is 11.0 Å². The molecule has 2 aromatic rings. The molecule has 3 N–H and O–H groups in total. The summed E-state index contributed by atoms with van der Waals surface area (Å²) in [5.74, 6) is -0.323. The molecule has 0 heterocycles. The van der Waals surface area contributed by atoms with Gasteiger partial charge in [0.15, 0.2) is 5.11 Å². The number of carbonyl (C=O) groups is 1. The number of amides is 1. The number of halogens is 1. The van der Waals surface area contributed by atoms with E-state index < -0.39 is 0 Å². The zero-order valence-corrected chi connectivity index (χ0v) is 15.0. The van der Waals surface area contributed by atoms with Crippen LogP contribution in [0.2, 0.25) is 5.02 Å². The second-order valence-corrected chi connectivity index (χ2v) is 6.18. The summed E-state index contributed by atoms with van der Waals surface area (Å²) >= 11 is 11.1. The molecule has 0 unspecified atom stereocenters. The van der Waals surface area contributed by atoms with Crippen molar-refractivity contribution in [1.29, 1.82) is 0 Å². The van der Waals surface area contributed by atoms with E-state index in [1.54, 1.807) is 12.1 Å². The van der Waals surface area contributed by atoms with E-state index >= 15 is 0 Å². The monoisotopic (exact) mass is 361 g/mol. The number of rotatable bonds is 5. The summed E-state index contributed by atoms with van der Waals surface area (Å²) in [4.78, 5) is 12.5. The van der Waals surface area contributed by atoms with Gasteiger partial charge in [-0.2, -0.15) is 0 Å². The maximum absolute atomic E-state index is 12.5. The topological polar surface area (TPSA) is 53.2 Å². The molecule has 0 aliphatic heterocycles. The first-order valence-corrected chi connectivity index (χ1v) is 8.56. The van der Waals surface area contributed by atoms with Crippen molar-refractivity contribution in [3.05, 3.63) is 65.2 Å². The van der Waals surface area contributed by atoms with Crippen LogP contribution < -0.4 is 16.2 Å². The van der Waals surface area contributed by atoms with Crippen LogP contribution in [0.1, 0.15) is 31.2 Å². The van der Waals surface area contributed by atoms with Crippen LogP contribution in [0.4, 0.5) is 5.69 Å². The van der Waals surface area contributed by atoms with Gasteiger partial charge in [0.25, 0.3) is 0 Å². The molecular formula is C18H20ClN3OS. The lowest BCUT2D eigenvalue weighted by Crippen LogP contribution is -2.45. The van der Waals surface area contributed by atoms with Crippen LogP contribution in [-0.2, 0) is 4.79 Å². The van der Waals surface area contributed by atoms with E-state index in [0.717, 1.165) is 24.1 Å². The molecule has 1 atom stereocenters. The Morgan fingerprint density at radius 3 is 2.54 bits per heavy atom. The van der Waals surface area contributed by atoms with E-state index in [1.807, 2.05) is 42.5 Å². The average molecular weight is 362 g/mol. The summed E-state index contributed by atoms with van der Waals surface area (Å²) in [6, 6.07) is 16.9. The van der Waals surface area contributed by atoms with Gasteiger partial charge in [0.05, 0.1) is 5.92 Å². The highest BCUT2D eigenvalue weighted by Gasteiger charge is 2.19. The standard InChI is InChI=1S/C18H20ClN3OS/c1-2-7-16(13-8-4-3-5-9-13)17(23)21-22-18(24)20-15-11-6-10-14(19)12-15/h3-6,8-12,16H,2,7H2,1H3,(H,21,23)(H2,20,22,24)/t16-/m1/s1. The van der Waals surface area contributed by atoms with E-state index in [0.29, 0.717) is 10.1 Å². The molecule has 4 nitrogen and oxygen atoms in total. The number of hydrazine groups is 1. The van der Waals surface area contributed by atoms with Crippen LogP contribution in [0.25, 0.3) is 0 Å². The Bertz CT molecular complexity index is 694. The molecule has 24 heavy (non-hydrogen) atoms. The summed E-state index contributed by atoms with van der Waals surface area (Å²) in [7, 11) is 0. The third kappa shape index (κ3) is 5.51. The molecule has 6 heteroatoms. The Morgan fingerprint density at radius 2 is 1.88 bits per heavy atom. The molecular weight excluding hydrogens is 342 g/mol. The highest BCUT2D eigenvalue weighted by molar-refractivity contribution is 7.80. The first kappa shape index (κ1) is 18.2. The molecule has 0 spiro atoms. The zero-order chi connectivity index (χ0) is 17.4. The number of thiocarbonyl (C=S) groups is 1. The molecule has 0 bridgehead atoms. The second kappa shape index (κ2) is 9.25. The van der Waals surface area contributed by atoms with E-state index in [-0.39, 0.29) is 11.8 Å². The SMILES string of the molecule is CCC[C@@H](C(=O)NNC(=S)Nc1cccc(Cl)c1)c1ccccc1. The van der Waals surface area contributed by atoms with Crippen molar-refractivity contribution >= 4 is 40.5 Å². The molecule has 1 amide bonds. The summed E-state index contributed by atoms with van der Waals surface area (Å²) in [5.41, 5.74) is 7.16. The number of anilines is 1. The minimum Gasteiger partial charge on any atom is -0.331 e. The van der Waals surface area contributed by atoms with Crippen molar-refractivity contribution in [1.82, 2.24) is 10.9 Å². The van der Waals surface area contributed by atoms with Gasteiger partial charge in [-0.25, -0.2) is 0 Å². The molecule has 2 aromatic carbocycles. The van der Waals surface area contributed by atoms with E-state index in [9.17, 15) is 4.79 Å². The third-order valence-corrected chi connectivity index (χ3v) is 3.92. The van der Waals surface area contributed by atoms with Crippen LogP contribution >= 0.6 is 23.8 Å². The van der Waals surface area contributed by atoms with Crippen molar-refractivity contribution in [3.63, 3.8) is 0 Å². The highest BCUT2D eigenvalue weighted by Crippen LogP contribution is 2.21. The number of hydrogen-bond donors (Lipinski definition) is 3. The van der Waals surface area contributed by atoms with Crippen molar-refractivity contribution in [3.8, 4) is 0 Å². The van der Waals surface area contributed by atoms with Crippen LogP contribution in [0.3, 0.4) is 0 Å². The molecule has 0 fully saturated rings. The molecule has 0 saturated heterocycles. The van der Waals surface area contributed by atoms with Gasteiger partial charge < -0.3 is 5.32 Å². The lowest BCUT2D eigenvalue weighted by atomic mass is 9.94. The maximum atomic E-state index is 12.5. The fraction of sp³-hybridized carbons (Fsp3) is 0.222. The van der Waals surface area contributed by atoms with Crippen molar-refractivity contribution in [2.75, 3.05) is 5.32 Å². The van der Waals surface area contributed by atoms with Gasteiger partial charge in [0, 0.05) is 10.7 Å². The first-order chi connectivity index (χ1) is 11.6. The largest absolute Gasteiger partial charge is 0.331 e. The van der Waals surface area contributed by atoms with Gasteiger partial charge in [-0.1, -0.05) is 61.3 Å². The molecule has 0 aromatic heterocycles. The Hall–Kier alpha value is -2.11. The number of hydrogen-bond acceptors (Lipinski definition) is 2. The molecule has 0 saturated carbocycles. The Morgan fingerprint density at radius 1 is 1.12 bits per heavy atom. The number of carbonyl (C=O) groups excluding carboxylic acids is 1. The lowest BCUT2D eigenvalue weighted by molar-refractivity contribution is -0.123. The van der Waals surface area contributed by atoms with Gasteiger partial charge in [0.2, 0.25) is 5.91 Å². The summed E-state index contributed by atoms with van der Waals surface area (Å²) < 4.78 is 0. The van der Waals surface area contributed by atoms with Crippen LogP contribution in [0.5, 0.6) is 0 Å². The Labute approximate surface area is 152 Å².